The molecule has 1 N–H and O–H groups in total. The lowest BCUT2D eigenvalue weighted by atomic mass is 9.96. The Bertz CT molecular complexity index is 608. The van der Waals surface area contributed by atoms with Gasteiger partial charge < -0.3 is 0 Å². The van der Waals surface area contributed by atoms with Crippen molar-refractivity contribution >= 4 is 17.8 Å². The van der Waals surface area contributed by atoms with Crippen molar-refractivity contribution in [3.8, 4) is 0 Å². The maximum absolute atomic E-state index is 11.9. The summed E-state index contributed by atoms with van der Waals surface area (Å²) in [5.74, 6) is -0.108. The summed E-state index contributed by atoms with van der Waals surface area (Å²) < 4.78 is 0. The number of hydrogen-bond acceptors (Lipinski definition) is 4. The quantitative estimate of drug-likeness (QED) is 0.400. The zero-order valence-corrected chi connectivity index (χ0v) is 11.8. The number of nitro groups is 1. The Balaban J connectivity index is 2.00. The molecule has 0 saturated carbocycles. The van der Waals surface area contributed by atoms with Gasteiger partial charge in [0.2, 0.25) is 0 Å². The molecule has 6 heteroatoms. The van der Waals surface area contributed by atoms with E-state index in [0.717, 1.165) is 19.3 Å². The summed E-state index contributed by atoms with van der Waals surface area (Å²) >= 11 is 0. The molecule has 1 aromatic rings. The number of amides is 1. The molecule has 0 bridgehead atoms. The number of hydrazone groups is 1. The van der Waals surface area contributed by atoms with Gasteiger partial charge in [0, 0.05) is 23.4 Å². The van der Waals surface area contributed by atoms with Gasteiger partial charge in [-0.2, -0.15) is 5.10 Å². The molecule has 6 nitrogen and oxygen atoms in total. The highest BCUT2D eigenvalue weighted by atomic mass is 16.6. The minimum Gasteiger partial charge on any atom is -0.267 e. The van der Waals surface area contributed by atoms with Crippen LogP contribution in [0.4, 0.5) is 5.69 Å². The van der Waals surface area contributed by atoms with Crippen molar-refractivity contribution < 1.29 is 9.72 Å². The first kappa shape index (κ1) is 14.9. The van der Waals surface area contributed by atoms with Crippen molar-refractivity contribution in [1.29, 1.82) is 0 Å². The zero-order valence-electron chi connectivity index (χ0n) is 11.8. The third kappa shape index (κ3) is 3.98. The maximum atomic E-state index is 11.9. The number of nitrogens with one attached hydrogen (secondary N) is 1. The van der Waals surface area contributed by atoms with Crippen molar-refractivity contribution in [2.75, 3.05) is 0 Å². The van der Waals surface area contributed by atoms with E-state index in [1.165, 1.54) is 6.07 Å². The number of hydrogen-bond donors (Lipinski definition) is 1. The van der Waals surface area contributed by atoms with Gasteiger partial charge in [-0.3, -0.25) is 14.9 Å². The molecule has 0 saturated heterocycles. The van der Waals surface area contributed by atoms with Crippen LogP contribution in [0.15, 0.2) is 35.5 Å². The predicted molar refractivity (Wildman–Crippen MR) is 80.3 cm³/mol. The summed E-state index contributed by atoms with van der Waals surface area (Å²) in [4.78, 5) is 22.3. The lowest BCUT2D eigenvalue weighted by molar-refractivity contribution is -0.385. The molecule has 21 heavy (non-hydrogen) atoms. The van der Waals surface area contributed by atoms with Crippen LogP contribution in [-0.4, -0.2) is 17.0 Å². The molecule has 1 aliphatic rings. The first-order chi connectivity index (χ1) is 10.1. The van der Waals surface area contributed by atoms with E-state index in [1.807, 2.05) is 0 Å². The molecule has 0 aromatic heterocycles. The van der Waals surface area contributed by atoms with Crippen LogP contribution in [0, 0.1) is 23.0 Å². The Morgan fingerprint density at radius 1 is 1.48 bits per heavy atom. The average Bonchev–Trinajstić information content (AvgIpc) is 2.48. The minimum atomic E-state index is -0.496. The smallest absolute Gasteiger partial charge is 0.267 e. The van der Waals surface area contributed by atoms with Gasteiger partial charge in [-0.05, 0) is 38.2 Å². The fourth-order valence-corrected chi connectivity index (χ4v) is 2.17. The lowest BCUT2D eigenvalue weighted by Crippen LogP contribution is -2.19. The highest BCUT2D eigenvalue weighted by molar-refractivity contribution is 5.95. The van der Waals surface area contributed by atoms with Crippen molar-refractivity contribution in [2.45, 2.75) is 26.2 Å². The SMILES string of the molecule is Cc1ccc(C(=O)NN=C[C@H]2CC=CCC2)cc1[N+](=O)[O-]. The summed E-state index contributed by atoms with van der Waals surface area (Å²) in [6, 6.07) is 4.38. The second-order valence-electron chi connectivity index (χ2n) is 5.02. The zero-order chi connectivity index (χ0) is 15.2. The number of nitrogens with zero attached hydrogens (tertiary/aromatic N) is 2. The molecule has 0 unspecified atom stereocenters. The first-order valence-corrected chi connectivity index (χ1v) is 6.81. The molecule has 1 aliphatic carbocycles. The fraction of sp³-hybridized carbons (Fsp3) is 0.333. The van der Waals surface area contributed by atoms with Crippen LogP contribution < -0.4 is 5.43 Å². The molecule has 1 atom stereocenters. The third-order valence-corrected chi connectivity index (χ3v) is 3.43. The molecule has 1 amide bonds. The molecule has 110 valence electrons. The Kier molecular flexibility index (Phi) is 4.81. The summed E-state index contributed by atoms with van der Waals surface area (Å²) in [7, 11) is 0. The lowest BCUT2D eigenvalue weighted by Gasteiger charge is -2.11. The van der Waals surface area contributed by atoms with Gasteiger partial charge >= 0.3 is 0 Å². The largest absolute Gasteiger partial charge is 0.273 e. The van der Waals surface area contributed by atoms with Gasteiger partial charge in [-0.15, -0.1) is 0 Å². The van der Waals surface area contributed by atoms with E-state index in [4.69, 9.17) is 0 Å². The highest BCUT2D eigenvalue weighted by Crippen LogP contribution is 2.19. The van der Waals surface area contributed by atoms with Crippen LogP contribution >= 0.6 is 0 Å². The van der Waals surface area contributed by atoms with Gasteiger partial charge in [0.05, 0.1) is 4.92 Å². The fourth-order valence-electron chi connectivity index (χ4n) is 2.17. The second kappa shape index (κ2) is 6.78. The van der Waals surface area contributed by atoms with E-state index >= 15 is 0 Å². The monoisotopic (exact) mass is 287 g/mol. The number of carbonyl (C=O) groups excluding carboxylic acids is 1. The number of allylic oxidation sites excluding steroid dienone is 2. The van der Waals surface area contributed by atoms with Crippen LogP contribution in [0.2, 0.25) is 0 Å². The summed E-state index contributed by atoms with van der Waals surface area (Å²) in [5.41, 5.74) is 3.10. The first-order valence-electron chi connectivity index (χ1n) is 6.81. The Morgan fingerprint density at radius 3 is 2.95 bits per heavy atom. The predicted octanol–water partition coefficient (Wildman–Crippen LogP) is 2.98. The average molecular weight is 287 g/mol. The van der Waals surface area contributed by atoms with Crippen LogP contribution in [0.5, 0.6) is 0 Å². The van der Waals surface area contributed by atoms with E-state index in [1.54, 1.807) is 25.3 Å². The number of aryl methyl sites for hydroxylation is 1. The van der Waals surface area contributed by atoms with Crippen molar-refractivity contribution in [3.05, 3.63) is 51.6 Å². The summed E-state index contributed by atoms with van der Waals surface area (Å²) in [6.07, 6.45) is 8.93. The maximum Gasteiger partial charge on any atom is 0.273 e. The number of benzene rings is 1. The normalized spacial score (nSPS) is 17.9. The van der Waals surface area contributed by atoms with E-state index < -0.39 is 10.8 Å². The molecule has 0 spiro atoms. The van der Waals surface area contributed by atoms with E-state index in [-0.39, 0.29) is 11.3 Å². The highest BCUT2D eigenvalue weighted by Gasteiger charge is 2.14. The van der Waals surface area contributed by atoms with Gasteiger partial charge in [-0.25, -0.2) is 5.43 Å². The molecule has 2 rings (SSSR count). The molecule has 0 radical (unpaired) electrons. The van der Waals surface area contributed by atoms with E-state index in [9.17, 15) is 14.9 Å². The van der Waals surface area contributed by atoms with Gasteiger partial charge in [0.15, 0.2) is 0 Å². The van der Waals surface area contributed by atoms with Crippen LogP contribution in [0.3, 0.4) is 0 Å². The van der Waals surface area contributed by atoms with Gasteiger partial charge in [0.1, 0.15) is 0 Å². The Labute approximate surface area is 122 Å². The molecule has 0 fully saturated rings. The molecule has 1 aromatic carbocycles. The molecule has 0 heterocycles. The van der Waals surface area contributed by atoms with Crippen LogP contribution in [0.1, 0.15) is 35.2 Å². The van der Waals surface area contributed by atoms with Crippen molar-refractivity contribution in [3.63, 3.8) is 0 Å². The summed E-state index contributed by atoms with van der Waals surface area (Å²) in [5, 5.41) is 14.8. The Hall–Kier alpha value is -2.50. The number of nitro benzene ring substituents is 1. The second-order valence-corrected chi connectivity index (χ2v) is 5.02. The summed E-state index contributed by atoms with van der Waals surface area (Å²) in [6.45, 7) is 1.63. The topological polar surface area (TPSA) is 84.6 Å². The van der Waals surface area contributed by atoms with E-state index in [2.05, 4.69) is 22.7 Å². The van der Waals surface area contributed by atoms with Crippen molar-refractivity contribution in [2.24, 2.45) is 11.0 Å². The number of rotatable bonds is 4. The molecular formula is C15H17N3O3. The third-order valence-electron chi connectivity index (χ3n) is 3.43. The van der Waals surface area contributed by atoms with Gasteiger partial charge in [0.25, 0.3) is 11.6 Å². The molecular weight excluding hydrogens is 270 g/mol. The Morgan fingerprint density at radius 2 is 2.29 bits per heavy atom. The minimum absolute atomic E-state index is 0.0657. The standard InChI is InChI=1S/C15H17N3O3/c1-11-7-8-13(9-14(11)18(20)21)15(19)17-16-10-12-5-3-2-4-6-12/h2-3,7-10,12H,4-6H2,1H3,(H,17,19)/t12-/m0/s1. The number of carbonyl (C=O) groups is 1. The van der Waals surface area contributed by atoms with Crippen LogP contribution in [0.25, 0.3) is 0 Å². The van der Waals surface area contributed by atoms with Crippen LogP contribution in [-0.2, 0) is 0 Å². The molecule has 0 aliphatic heterocycles. The van der Waals surface area contributed by atoms with E-state index in [0.29, 0.717) is 11.5 Å². The van der Waals surface area contributed by atoms with Gasteiger partial charge in [-0.1, -0.05) is 18.2 Å². The van der Waals surface area contributed by atoms with Crippen molar-refractivity contribution in [1.82, 2.24) is 5.43 Å².